The highest BCUT2D eigenvalue weighted by Gasteiger charge is 2.23. The highest BCUT2D eigenvalue weighted by atomic mass is 79.9. The molecule has 2 aliphatic carbocycles. The van der Waals surface area contributed by atoms with Gasteiger partial charge in [0, 0.05) is 17.3 Å². The third kappa shape index (κ3) is 3.76. The molecule has 92 valence electrons. The van der Waals surface area contributed by atoms with Crippen molar-refractivity contribution in [3.05, 3.63) is 0 Å². The van der Waals surface area contributed by atoms with Gasteiger partial charge in [-0.05, 0) is 44.4 Å². The zero-order valence-electron chi connectivity index (χ0n) is 9.88. The van der Waals surface area contributed by atoms with Crippen LogP contribution in [0.2, 0.25) is 0 Å². The van der Waals surface area contributed by atoms with Gasteiger partial charge in [-0.2, -0.15) is 0 Å². The van der Waals surface area contributed by atoms with Crippen molar-refractivity contribution in [1.82, 2.24) is 5.32 Å². The second kappa shape index (κ2) is 6.04. The van der Waals surface area contributed by atoms with Crippen molar-refractivity contribution in [3.8, 4) is 0 Å². The Morgan fingerprint density at radius 3 is 2.31 bits per heavy atom. The van der Waals surface area contributed by atoms with Crippen molar-refractivity contribution in [3.63, 3.8) is 0 Å². The van der Waals surface area contributed by atoms with Crippen LogP contribution in [0.3, 0.4) is 0 Å². The molecule has 0 radical (unpaired) electrons. The van der Waals surface area contributed by atoms with Gasteiger partial charge in [-0.25, -0.2) is 0 Å². The molecule has 0 bridgehead atoms. The molecule has 0 atom stereocenters. The minimum atomic E-state index is 0.296. The van der Waals surface area contributed by atoms with Crippen LogP contribution < -0.4 is 5.32 Å². The summed E-state index contributed by atoms with van der Waals surface area (Å²) >= 11 is 3.64. The molecule has 3 heteroatoms. The molecule has 2 rings (SSSR count). The summed E-state index contributed by atoms with van der Waals surface area (Å²) in [6.07, 6.45) is 10.7. The molecule has 2 saturated carbocycles. The number of rotatable bonds is 3. The maximum Gasteiger partial charge on any atom is 0.220 e. The van der Waals surface area contributed by atoms with E-state index in [0.717, 1.165) is 19.3 Å². The summed E-state index contributed by atoms with van der Waals surface area (Å²) in [5.41, 5.74) is 0. The van der Waals surface area contributed by atoms with Crippen LogP contribution in [0, 0.1) is 5.92 Å². The van der Waals surface area contributed by atoms with Crippen molar-refractivity contribution in [2.24, 2.45) is 5.92 Å². The number of hydrogen-bond acceptors (Lipinski definition) is 1. The second-order valence-electron chi connectivity index (χ2n) is 5.37. The van der Waals surface area contributed by atoms with Gasteiger partial charge in [0.15, 0.2) is 0 Å². The maximum absolute atomic E-state index is 11.8. The molecule has 2 nitrogen and oxygen atoms in total. The average molecular weight is 288 g/mol. The van der Waals surface area contributed by atoms with Gasteiger partial charge in [-0.3, -0.25) is 4.79 Å². The van der Waals surface area contributed by atoms with Crippen LogP contribution in [-0.4, -0.2) is 16.8 Å². The molecule has 0 unspecified atom stereocenters. The van der Waals surface area contributed by atoms with Gasteiger partial charge in [0.05, 0.1) is 0 Å². The quantitative estimate of drug-likeness (QED) is 0.792. The molecule has 2 fully saturated rings. The van der Waals surface area contributed by atoms with Crippen LogP contribution in [0.15, 0.2) is 0 Å². The van der Waals surface area contributed by atoms with E-state index in [9.17, 15) is 4.79 Å². The molecular formula is C13H22BrNO. The third-order valence-electron chi connectivity index (χ3n) is 3.97. The molecule has 0 heterocycles. The fourth-order valence-corrected chi connectivity index (χ4v) is 3.49. The molecule has 0 aromatic heterocycles. The van der Waals surface area contributed by atoms with Crippen LogP contribution >= 0.6 is 15.9 Å². The van der Waals surface area contributed by atoms with Crippen LogP contribution in [-0.2, 0) is 4.79 Å². The number of carbonyl (C=O) groups excluding carboxylic acids is 1. The first-order valence-corrected chi connectivity index (χ1v) is 7.59. The number of hydrogen-bond donors (Lipinski definition) is 1. The molecule has 0 spiro atoms. The summed E-state index contributed by atoms with van der Waals surface area (Å²) in [6.45, 7) is 0. The first kappa shape index (κ1) is 12.4. The van der Waals surface area contributed by atoms with Gasteiger partial charge >= 0.3 is 0 Å². The van der Waals surface area contributed by atoms with E-state index in [1.54, 1.807) is 0 Å². The monoisotopic (exact) mass is 287 g/mol. The number of halogens is 1. The Bertz CT molecular complexity index is 230. The molecule has 0 aromatic rings. The van der Waals surface area contributed by atoms with E-state index in [1.807, 2.05) is 0 Å². The number of nitrogens with one attached hydrogen (secondary N) is 1. The Hall–Kier alpha value is -0.0500. The minimum Gasteiger partial charge on any atom is -0.353 e. The highest BCUT2D eigenvalue weighted by molar-refractivity contribution is 9.09. The molecule has 1 N–H and O–H groups in total. The zero-order chi connectivity index (χ0) is 11.4. The average Bonchev–Trinajstić information content (AvgIpc) is 2.74. The van der Waals surface area contributed by atoms with Crippen LogP contribution in [0.1, 0.15) is 57.8 Å². The summed E-state index contributed by atoms with van der Waals surface area (Å²) in [5.74, 6) is 0.970. The second-order valence-corrected chi connectivity index (χ2v) is 6.67. The van der Waals surface area contributed by atoms with E-state index in [4.69, 9.17) is 0 Å². The minimum absolute atomic E-state index is 0.296. The topological polar surface area (TPSA) is 29.1 Å². The molecule has 2 aliphatic rings. The SMILES string of the molecule is O=C(CC1CCCC1)NC1CCC(Br)CC1. The Kier molecular flexibility index (Phi) is 4.68. The number of carbonyl (C=O) groups is 1. The molecule has 16 heavy (non-hydrogen) atoms. The fraction of sp³-hybridized carbons (Fsp3) is 0.923. The van der Waals surface area contributed by atoms with E-state index in [2.05, 4.69) is 21.2 Å². The predicted molar refractivity (Wildman–Crippen MR) is 69.7 cm³/mol. The summed E-state index contributed by atoms with van der Waals surface area (Å²) < 4.78 is 0. The Labute approximate surface area is 107 Å². The van der Waals surface area contributed by atoms with E-state index in [-0.39, 0.29) is 0 Å². The summed E-state index contributed by atoms with van der Waals surface area (Å²) in [5, 5.41) is 3.21. The van der Waals surface area contributed by atoms with Gasteiger partial charge in [-0.15, -0.1) is 0 Å². The molecule has 0 saturated heterocycles. The van der Waals surface area contributed by atoms with Crippen LogP contribution in [0.5, 0.6) is 0 Å². The molecule has 0 aromatic carbocycles. The fourth-order valence-electron chi connectivity index (χ4n) is 2.96. The van der Waals surface area contributed by atoms with Crippen molar-refractivity contribution < 1.29 is 4.79 Å². The van der Waals surface area contributed by atoms with Gasteiger partial charge in [0.2, 0.25) is 5.91 Å². The Morgan fingerprint density at radius 1 is 1.06 bits per heavy atom. The van der Waals surface area contributed by atoms with Gasteiger partial charge < -0.3 is 5.32 Å². The first-order valence-electron chi connectivity index (χ1n) is 6.67. The van der Waals surface area contributed by atoms with Gasteiger partial charge in [0.25, 0.3) is 0 Å². The first-order chi connectivity index (χ1) is 7.74. The lowest BCUT2D eigenvalue weighted by Crippen LogP contribution is -2.38. The van der Waals surface area contributed by atoms with Gasteiger partial charge in [-0.1, -0.05) is 28.8 Å². The van der Waals surface area contributed by atoms with Crippen LogP contribution in [0.25, 0.3) is 0 Å². The standard InChI is InChI=1S/C13H22BrNO/c14-11-5-7-12(8-6-11)15-13(16)9-10-3-1-2-4-10/h10-12H,1-9H2,(H,15,16). The van der Waals surface area contributed by atoms with E-state index in [1.165, 1.54) is 38.5 Å². The summed E-state index contributed by atoms with van der Waals surface area (Å²) in [7, 11) is 0. The third-order valence-corrected chi connectivity index (χ3v) is 4.89. The number of alkyl halides is 1. The van der Waals surface area contributed by atoms with Gasteiger partial charge in [0.1, 0.15) is 0 Å². The molecule has 0 aliphatic heterocycles. The van der Waals surface area contributed by atoms with E-state index >= 15 is 0 Å². The smallest absolute Gasteiger partial charge is 0.220 e. The lowest BCUT2D eigenvalue weighted by Gasteiger charge is -2.26. The lowest BCUT2D eigenvalue weighted by molar-refractivity contribution is -0.122. The molecular weight excluding hydrogens is 266 g/mol. The van der Waals surface area contributed by atoms with Crippen LogP contribution in [0.4, 0.5) is 0 Å². The Balaban J connectivity index is 1.66. The van der Waals surface area contributed by atoms with Crippen molar-refractivity contribution >= 4 is 21.8 Å². The van der Waals surface area contributed by atoms with Crippen molar-refractivity contribution in [2.45, 2.75) is 68.7 Å². The zero-order valence-corrected chi connectivity index (χ0v) is 11.5. The van der Waals surface area contributed by atoms with Crippen molar-refractivity contribution in [2.75, 3.05) is 0 Å². The normalized spacial score (nSPS) is 31.6. The lowest BCUT2D eigenvalue weighted by atomic mass is 9.95. The summed E-state index contributed by atoms with van der Waals surface area (Å²) in [6, 6.07) is 0.447. The molecule has 1 amide bonds. The largest absolute Gasteiger partial charge is 0.353 e. The van der Waals surface area contributed by atoms with Crippen molar-refractivity contribution in [1.29, 1.82) is 0 Å². The number of amides is 1. The van der Waals surface area contributed by atoms with E-state index in [0.29, 0.717) is 22.7 Å². The maximum atomic E-state index is 11.8. The van der Waals surface area contributed by atoms with E-state index < -0.39 is 0 Å². The Morgan fingerprint density at radius 2 is 1.69 bits per heavy atom. The summed E-state index contributed by atoms with van der Waals surface area (Å²) in [4.78, 5) is 12.5. The highest BCUT2D eigenvalue weighted by Crippen LogP contribution is 2.28. The predicted octanol–water partition coefficient (Wildman–Crippen LogP) is 3.39.